The van der Waals surface area contributed by atoms with E-state index >= 15 is 0 Å². The second kappa shape index (κ2) is 4.55. The first-order chi connectivity index (χ1) is 8.04. The van der Waals surface area contributed by atoms with E-state index in [-0.39, 0.29) is 0 Å². The van der Waals surface area contributed by atoms with Crippen LogP contribution < -0.4 is 0 Å². The van der Waals surface area contributed by atoms with Crippen molar-refractivity contribution in [2.24, 2.45) is 0 Å². The van der Waals surface area contributed by atoms with Crippen LogP contribution in [0.5, 0.6) is 0 Å². The third kappa shape index (κ3) is 2.10. The highest BCUT2D eigenvalue weighted by Crippen LogP contribution is 2.33. The van der Waals surface area contributed by atoms with Crippen molar-refractivity contribution >= 4 is 28.9 Å². The molecule has 0 spiro atoms. The van der Waals surface area contributed by atoms with Crippen LogP contribution in [0.15, 0.2) is 18.2 Å². The van der Waals surface area contributed by atoms with Crippen molar-refractivity contribution in [3.8, 4) is 10.6 Å². The van der Waals surface area contributed by atoms with E-state index < -0.39 is 5.97 Å². The number of rotatable bonds is 3. The predicted molar refractivity (Wildman–Crippen MR) is 70.1 cm³/mol. The molecule has 0 aromatic carbocycles. The smallest absolute Gasteiger partial charge is 0.337 e. The lowest BCUT2D eigenvalue weighted by Gasteiger charge is -2.06. The maximum atomic E-state index is 11.1. The van der Waals surface area contributed by atoms with E-state index in [0.717, 1.165) is 22.8 Å². The van der Waals surface area contributed by atoms with E-state index in [4.69, 9.17) is 16.7 Å². The normalized spacial score (nSPS) is 10.8. The summed E-state index contributed by atoms with van der Waals surface area (Å²) in [5.74, 6) is -0.890. The van der Waals surface area contributed by atoms with Crippen LogP contribution in [0.1, 0.15) is 23.0 Å². The lowest BCUT2D eigenvalue weighted by Crippen LogP contribution is -2.02. The Morgan fingerprint density at radius 1 is 1.53 bits per heavy atom. The summed E-state index contributed by atoms with van der Waals surface area (Å²) in [5.41, 5.74) is 2.05. The van der Waals surface area contributed by atoms with Crippen molar-refractivity contribution in [3.05, 3.63) is 33.8 Å². The molecule has 3 nitrogen and oxygen atoms in total. The van der Waals surface area contributed by atoms with Gasteiger partial charge in [0.25, 0.3) is 0 Å². The highest BCUT2D eigenvalue weighted by molar-refractivity contribution is 7.19. The highest BCUT2D eigenvalue weighted by Gasteiger charge is 2.17. The van der Waals surface area contributed by atoms with Gasteiger partial charge in [-0.05, 0) is 32.0 Å². The van der Waals surface area contributed by atoms with Crippen LogP contribution in [-0.4, -0.2) is 15.6 Å². The van der Waals surface area contributed by atoms with E-state index in [1.165, 1.54) is 11.3 Å². The van der Waals surface area contributed by atoms with Gasteiger partial charge in [-0.15, -0.1) is 11.3 Å². The quantitative estimate of drug-likeness (QED) is 0.918. The van der Waals surface area contributed by atoms with Gasteiger partial charge in [-0.25, -0.2) is 4.79 Å². The number of thiophene rings is 1. The van der Waals surface area contributed by atoms with Gasteiger partial charge in [-0.3, -0.25) is 0 Å². The molecule has 2 heterocycles. The van der Waals surface area contributed by atoms with Gasteiger partial charge in [0, 0.05) is 12.2 Å². The summed E-state index contributed by atoms with van der Waals surface area (Å²) in [6.07, 6.45) is 0. The SMILES string of the molecule is CCn1c(-c2ccc(Cl)s2)cc(C(=O)O)c1C. The molecule has 0 aliphatic carbocycles. The Hall–Kier alpha value is -1.26. The number of aromatic nitrogens is 1. The molecule has 0 aliphatic heterocycles. The van der Waals surface area contributed by atoms with Crippen LogP contribution in [0, 0.1) is 6.92 Å². The molecule has 1 N–H and O–H groups in total. The van der Waals surface area contributed by atoms with Crippen LogP contribution in [0.3, 0.4) is 0 Å². The van der Waals surface area contributed by atoms with Crippen molar-refractivity contribution in [3.63, 3.8) is 0 Å². The van der Waals surface area contributed by atoms with Crippen LogP contribution in [0.2, 0.25) is 4.34 Å². The number of hydrogen-bond donors (Lipinski definition) is 1. The summed E-state index contributed by atoms with van der Waals surface area (Å²) >= 11 is 7.36. The van der Waals surface area contributed by atoms with Crippen LogP contribution in [0.4, 0.5) is 0 Å². The molecule has 2 rings (SSSR count). The van der Waals surface area contributed by atoms with Crippen molar-refractivity contribution in [1.29, 1.82) is 0 Å². The number of carboxylic acid groups (broad SMARTS) is 1. The summed E-state index contributed by atoms with van der Waals surface area (Å²) in [5, 5.41) is 9.12. The van der Waals surface area contributed by atoms with Gasteiger partial charge < -0.3 is 9.67 Å². The van der Waals surface area contributed by atoms with Crippen LogP contribution in [-0.2, 0) is 6.54 Å². The van der Waals surface area contributed by atoms with Crippen molar-refractivity contribution in [2.45, 2.75) is 20.4 Å². The van der Waals surface area contributed by atoms with Crippen LogP contribution in [0.25, 0.3) is 10.6 Å². The molecule has 0 radical (unpaired) electrons. The zero-order valence-electron chi connectivity index (χ0n) is 9.53. The number of carbonyl (C=O) groups is 1. The Morgan fingerprint density at radius 3 is 2.71 bits per heavy atom. The first-order valence-corrected chi connectivity index (χ1v) is 6.43. The van der Waals surface area contributed by atoms with Gasteiger partial charge in [-0.1, -0.05) is 11.6 Å². The third-order valence-corrected chi connectivity index (χ3v) is 3.99. The second-order valence-electron chi connectivity index (χ2n) is 3.68. The lowest BCUT2D eigenvalue weighted by atomic mass is 10.2. The van der Waals surface area contributed by atoms with Crippen molar-refractivity contribution in [1.82, 2.24) is 4.57 Å². The zero-order chi connectivity index (χ0) is 12.6. The van der Waals surface area contributed by atoms with E-state index in [9.17, 15) is 4.79 Å². The minimum atomic E-state index is -0.890. The fourth-order valence-corrected chi connectivity index (χ4v) is 2.99. The van der Waals surface area contributed by atoms with Crippen LogP contribution >= 0.6 is 22.9 Å². The molecular formula is C12H12ClNO2S. The summed E-state index contributed by atoms with van der Waals surface area (Å²) < 4.78 is 2.70. The lowest BCUT2D eigenvalue weighted by molar-refractivity contribution is 0.0696. The number of nitrogens with zero attached hydrogens (tertiary/aromatic N) is 1. The van der Waals surface area contributed by atoms with Crippen molar-refractivity contribution in [2.75, 3.05) is 0 Å². The summed E-state index contributed by atoms with van der Waals surface area (Å²) in [4.78, 5) is 12.1. The molecule has 0 bridgehead atoms. The number of aromatic carboxylic acids is 1. The Bertz CT molecular complexity index is 571. The van der Waals surface area contributed by atoms with Gasteiger partial charge in [0.15, 0.2) is 0 Å². The number of hydrogen-bond acceptors (Lipinski definition) is 2. The molecule has 0 unspecified atom stereocenters. The predicted octanol–water partition coefficient (Wildman–Crippen LogP) is 3.90. The monoisotopic (exact) mass is 269 g/mol. The highest BCUT2D eigenvalue weighted by atomic mass is 35.5. The first kappa shape index (κ1) is 12.2. The standard InChI is InChI=1S/C12H12ClNO2S/c1-3-14-7(2)8(12(15)16)6-9(14)10-4-5-11(13)17-10/h4-6H,3H2,1-2H3,(H,15,16). The summed E-state index contributed by atoms with van der Waals surface area (Å²) in [7, 11) is 0. The molecule has 0 fully saturated rings. The third-order valence-electron chi connectivity index (χ3n) is 2.74. The summed E-state index contributed by atoms with van der Waals surface area (Å²) in [6.45, 7) is 4.56. The fourth-order valence-electron chi connectivity index (χ4n) is 1.93. The molecular weight excluding hydrogens is 258 g/mol. The molecule has 0 saturated heterocycles. The average molecular weight is 270 g/mol. The van der Waals surface area contributed by atoms with Gasteiger partial charge in [0.2, 0.25) is 0 Å². The van der Waals surface area contributed by atoms with Gasteiger partial charge in [0.1, 0.15) is 0 Å². The van der Waals surface area contributed by atoms with E-state index in [0.29, 0.717) is 9.90 Å². The zero-order valence-corrected chi connectivity index (χ0v) is 11.1. The Morgan fingerprint density at radius 2 is 2.24 bits per heavy atom. The molecule has 90 valence electrons. The second-order valence-corrected chi connectivity index (χ2v) is 5.40. The number of carboxylic acids is 1. The Kier molecular flexibility index (Phi) is 3.26. The van der Waals surface area contributed by atoms with Gasteiger partial charge in [0.05, 0.1) is 20.5 Å². The molecule has 5 heteroatoms. The molecule has 0 saturated carbocycles. The minimum Gasteiger partial charge on any atom is -0.478 e. The Labute approximate surface area is 108 Å². The van der Waals surface area contributed by atoms with Gasteiger partial charge in [-0.2, -0.15) is 0 Å². The Balaban J connectivity index is 2.61. The van der Waals surface area contributed by atoms with Crippen molar-refractivity contribution < 1.29 is 9.90 Å². The van der Waals surface area contributed by atoms with E-state index in [1.807, 2.05) is 30.5 Å². The van der Waals surface area contributed by atoms with Gasteiger partial charge >= 0.3 is 5.97 Å². The first-order valence-electron chi connectivity index (χ1n) is 5.23. The van der Waals surface area contributed by atoms with E-state index in [1.54, 1.807) is 6.07 Å². The van der Waals surface area contributed by atoms with E-state index in [2.05, 4.69) is 0 Å². The molecule has 2 aromatic heterocycles. The molecule has 17 heavy (non-hydrogen) atoms. The summed E-state index contributed by atoms with van der Waals surface area (Å²) in [6, 6.07) is 5.45. The fraction of sp³-hybridized carbons (Fsp3) is 0.250. The topological polar surface area (TPSA) is 42.2 Å². The molecule has 0 amide bonds. The largest absolute Gasteiger partial charge is 0.478 e. The molecule has 0 atom stereocenters. The minimum absolute atomic E-state index is 0.353. The maximum Gasteiger partial charge on any atom is 0.337 e. The average Bonchev–Trinajstić information content (AvgIpc) is 2.82. The molecule has 2 aromatic rings. The maximum absolute atomic E-state index is 11.1. The molecule has 0 aliphatic rings. The number of halogens is 1.